The Morgan fingerprint density at radius 3 is 2.43 bits per heavy atom. The summed E-state index contributed by atoms with van der Waals surface area (Å²) in [6, 6.07) is 0.469. The van der Waals surface area contributed by atoms with Crippen LogP contribution < -0.4 is 5.32 Å². The van der Waals surface area contributed by atoms with Gasteiger partial charge in [0.15, 0.2) is 0 Å². The van der Waals surface area contributed by atoms with Crippen LogP contribution in [0.1, 0.15) is 26.7 Å². The van der Waals surface area contributed by atoms with Gasteiger partial charge in [-0.3, -0.25) is 0 Å². The van der Waals surface area contributed by atoms with Gasteiger partial charge in [0.05, 0.1) is 0 Å². The summed E-state index contributed by atoms with van der Waals surface area (Å²) in [6.45, 7) is 6.02. The molecule has 1 aliphatic rings. The average Bonchev–Trinajstić information content (AvgIpc) is 2.26. The highest BCUT2D eigenvalue weighted by atomic mass is 32.2. The summed E-state index contributed by atoms with van der Waals surface area (Å²) in [5, 5.41) is 3.06. The van der Waals surface area contributed by atoms with Crippen LogP contribution in [-0.2, 0) is 0 Å². The van der Waals surface area contributed by atoms with Crippen molar-refractivity contribution in [2.24, 2.45) is 0 Å². The van der Waals surface area contributed by atoms with E-state index in [2.05, 4.69) is 19.2 Å². The van der Waals surface area contributed by atoms with Crippen molar-refractivity contribution in [2.45, 2.75) is 32.7 Å². The summed E-state index contributed by atoms with van der Waals surface area (Å²) in [6.07, 6.45) is 2.04. The number of rotatable bonds is 3. The Morgan fingerprint density at radius 2 is 1.93 bits per heavy atom. The van der Waals surface area contributed by atoms with E-state index in [9.17, 15) is 4.79 Å². The van der Waals surface area contributed by atoms with E-state index < -0.39 is 0 Å². The molecule has 0 bridgehead atoms. The van der Waals surface area contributed by atoms with Crippen LogP contribution in [0.4, 0.5) is 4.79 Å². The maximum absolute atomic E-state index is 11.7. The van der Waals surface area contributed by atoms with Crippen molar-refractivity contribution in [3.05, 3.63) is 0 Å². The van der Waals surface area contributed by atoms with Crippen LogP contribution in [0.3, 0.4) is 0 Å². The fourth-order valence-corrected chi connectivity index (χ4v) is 2.43. The number of amides is 2. The third-order valence-corrected chi connectivity index (χ3v) is 3.55. The average molecular weight is 216 g/mol. The summed E-state index contributed by atoms with van der Waals surface area (Å²) in [7, 11) is 0. The fourth-order valence-electron chi connectivity index (χ4n) is 1.53. The number of hydrogen-bond acceptors (Lipinski definition) is 2. The van der Waals surface area contributed by atoms with Crippen molar-refractivity contribution in [1.82, 2.24) is 10.2 Å². The zero-order chi connectivity index (χ0) is 10.4. The Morgan fingerprint density at radius 1 is 1.36 bits per heavy atom. The molecule has 0 aliphatic carbocycles. The van der Waals surface area contributed by atoms with E-state index in [0.717, 1.165) is 37.4 Å². The number of carbonyl (C=O) groups excluding carboxylic acids is 1. The first-order chi connectivity index (χ1) is 6.77. The van der Waals surface area contributed by atoms with Crippen LogP contribution in [0.2, 0.25) is 0 Å². The molecular weight excluding hydrogens is 196 g/mol. The number of thioether (sulfide) groups is 1. The molecule has 0 aromatic rings. The molecule has 0 saturated carbocycles. The lowest BCUT2D eigenvalue weighted by molar-refractivity contribution is 0.198. The molecule has 1 fully saturated rings. The molecule has 0 atom stereocenters. The Kier molecular flexibility index (Phi) is 5.15. The molecule has 82 valence electrons. The van der Waals surface area contributed by atoms with Gasteiger partial charge >= 0.3 is 6.03 Å². The molecule has 0 radical (unpaired) electrons. The summed E-state index contributed by atoms with van der Waals surface area (Å²) in [4.78, 5) is 13.7. The predicted octanol–water partition coefficient (Wildman–Crippen LogP) is 1.93. The lowest BCUT2D eigenvalue weighted by Gasteiger charge is -2.28. The Labute approximate surface area is 90.6 Å². The zero-order valence-electron chi connectivity index (χ0n) is 9.08. The molecule has 1 saturated heterocycles. The van der Waals surface area contributed by atoms with Gasteiger partial charge in [-0.25, -0.2) is 4.79 Å². The molecule has 0 spiro atoms. The fraction of sp³-hybridized carbons (Fsp3) is 0.900. The van der Waals surface area contributed by atoms with Gasteiger partial charge in [-0.1, -0.05) is 13.8 Å². The van der Waals surface area contributed by atoms with Crippen molar-refractivity contribution in [3.8, 4) is 0 Å². The summed E-state index contributed by atoms with van der Waals surface area (Å²) in [5.41, 5.74) is 0. The van der Waals surface area contributed by atoms with Gasteiger partial charge in [0.1, 0.15) is 0 Å². The lowest BCUT2D eigenvalue weighted by atomic mass is 10.2. The highest BCUT2D eigenvalue weighted by Crippen LogP contribution is 2.09. The molecule has 1 aliphatic heterocycles. The second kappa shape index (κ2) is 6.17. The first-order valence-electron chi connectivity index (χ1n) is 5.41. The maximum atomic E-state index is 11.7. The summed E-state index contributed by atoms with van der Waals surface area (Å²) >= 11 is 1.92. The van der Waals surface area contributed by atoms with Crippen LogP contribution in [0.5, 0.6) is 0 Å². The van der Waals surface area contributed by atoms with E-state index in [0.29, 0.717) is 6.04 Å². The molecule has 0 aromatic heterocycles. The standard InChI is InChI=1S/C10H20N2OS/c1-3-9(4-2)11-10(13)12-5-7-14-8-6-12/h9H,3-8H2,1-2H3,(H,11,13). The molecule has 0 unspecified atom stereocenters. The van der Waals surface area contributed by atoms with Crippen LogP contribution in [-0.4, -0.2) is 41.6 Å². The normalized spacial score (nSPS) is 17.2. The molecule has 3 nitrogen and oxygen atoms in total. The van der Waals surface area contributed by atoms with E-state index in [1.54, 1.807) is 0 Å². The summed E-state index contributed by atoms with van der Waals surface area (Å²) in [5.74, 6) is 2.16. The molecule has 1 rings (SSSR count). The van der Waals surface area contributed by atoms with Crippen molar-refractivity contribution >= 4 is 17.8 Å². The van der Waals surface area contributed by atoms with Gasteiger partial charge in [0, 0.05) is 30.6 Å². The van der Waals surface area contributed by atoms with Gasteiger partial charge in [-0.05, 0) is 12.8 Å². The Bertz CT molecular complexity index is 177. The van der Waals surface area contributed by atoms with Crippen LogP contribution >= 0.6 is 11.8 Å². The molecule has 2 amide bonds. The molecule has 1 heterocycles. The van der Waals surface area contributed by atoms with E-state index >= 15 is 0 Å². The molecule has 14 heavy (non-hydrogen) atoms. The highest BCUT2D eigenvalue weighted by Gasteiger charge is 2.18. The van der Waals surface area contributed by atoms with E-state index in [4.69, 9.17) is 0 Å². The number of carbonyl (C=O) groups is 1. The van der Waals surface area contributed by atoms with Gasteiger partial charge in [0.25, 0.3) is 0 Å². The van der Waals surface area contributed by atoms with E-state index in [1.807, 2.05) is 16.7 Å². The van der Waals surface area contributed by atoms with Crippen LogP contribution in [0.25, 0.3) is 0 Å². The van der Waals surface area contributed by atoms with Gasteiger partial charge in [-0.2, -0.15) is 11.8 Å². The lowest BCUT2D eigenvalue weighted by Crippen LogP contribution is -2.47. The second-order valence-corrected chi connectivity index (χ2v) is 4.79. The number of hydrogen-bond donors (Lipinski definition) is 1. The van der Waals surface area contributed by atoms with Crippen molar-refractivity contribution in [2.75, 3.05) is 24.6 Å². The SMILES string of the molecule is CCC(CC)NC(=O)N1CCSCC1. The van der Waals surface area contributed by atoms with Crippen molar-refractivity contribution in [1.29, 1.82) is 0 Å². The van der Waals surface area contributed by atoms with Crippen LogP contribution in [0, 0.1) is 0 Å². The number of urea groups is 1. The van der Waals surface area contributed by atoms with Gasteiger partial charge < -0.3 is 10.2 Å². The molecule has 0 aromatic carbocycles. The van der Waals surface area contributed by atoms with Crippen molar-refractivity contribution in [3.63, 3.8) is 0 Å². The van der Waals surface area contributed by atoms with Gasteiger partial charge in [0.2, 0.25) is 0 Å². The Hall–Kier alpha value is -0.380. The number of nitrogens with one attached hydrogen (secondary N) is 1. The third-order valence-electron chi connectivity index (χ3n) is 2.61. The van der Waals surface area contributed by atoms with E-state index in [-0.39, 0.29) is 6.03 Å². The van der Waals surface area contributed by atoms with Crippen molar-refractivity contribution < 1.29 is 4.79 Å². The number of nitrogens with zero attached hydrogens (tertiary/aromatic N) is 1. The molecular formula is C10H20N2OS. The minimum absolute atomic E-state index is 0.124. The van der Waals surface area contributed by atoms with Crippen LogP contribution in [0.15, 0.2) is 0 Å². The second-order valence-electron chi connectivity index (χ2n) is 3.56. The summed E-state index contributed by atoms with van der Waals surface area (Å²) < 4.78 is 0. The minimum Gasteiger partial charge on any atom is -0.335 e. The Balaban J connectivity index is 2.32. The molecule has 1 N–H and O–H groups in total. The monoisotopic (exact) mass is 216 g/mol. The molecule has 4 heteroatoms. The van der Waals surface area contributed by atoms with E-state index in [1.165, 1.54) is 0 Å². The minimum atomic E-state index is 0.124. The van der Waals surface area contributed by atoms with Gasteiger partial charge in [-0.15, -0.1) is 0 Å². The predicted molar refractivity (Wildman–Crippen MR) is 61.8 cm³/mol. The smallest absolute Gasteiger partial charge is 0.317 e. The maximum Gasteiger partial charge on any atom is 0.317 e. The third kappa shape index (κ3) is 3.40. The topological polar surface area (TPSA) is 32.3 Å². The quantitative estimate of drug-likeness (QED) is 0.782. The largest absolute Gasteiger partial charge is 0.335 e. The first-order valence-corrected chi connectivity index (χ1v) is 6.56. The highest BCUT2D eigenvalue weighted by molar-refractivity contribution is 7.99. The zero-order valence-corrected chi connectivity index (χ0v) is 9.90. The first kappa shape index (κ1) is 11.7.